The quantitative estimate of drug-likeness (QED) is 0.836. The molecule has 2 aromatic rings. The van der Waals surface area contributed by atoms with E-state index < -0.39 is 10.0 Å². The maximum absolute atomic E-state index is 12.6. The van der Waals surface area contributed by atoms with Gasteiger partial charge in [-0.3, -0.25) is 4.79 Å². The first-order chi connectivity index (χ1) is 11.7. The van der Waals surface area contributed by atoms with Crippen LogP contribution in [0.1, 0.15) is 29.8 Å². The van der Waals surface area contributed by atoms with Crippen LogP contribution in [-0.4, -0.2) is 31.7 Å². The van der Waals surface area contributed by atoms with E-state index in [0.717, 1.165) is 5.56 Å². The third-order valence-corrected chi connectivity index (χ3v) is 5.63. The fourth-order valence-corrected chi connectivity index (χ4v) is 3.52. The van der Waals surface area contributed by atoms with Crippen molar-refractivity contribution in [3.8, 4) is 0 Å². The molecular weight excluding hydrogens is 360 g/mol. The van der Waals surface area contributed by atoms with Crippen molar-refractivity contribution < 1.29 is 13.2 Å². The summed E-state index contributed by atoms with van der Waals surface area (Å²) in [5.41, 5.74) is 1.33. The number of nitrogens with one attached hydrogen (secondary N) is 1. The van der Waals surface area contributed by atoms with Gasteiger partial charge in [0.25, 0.3) is 5.91 Å². The zero-order chi connectivity index (χ0) is 18.6. The summed E-state index contributed by atoms with van der Waals surface area (Å²) in [5, 5.41) is 3.30. The van der Waals surface area contributed by atoms with Gasteiger partial charge in [0.15, 0.2) is 0 Å². The normalized spacial score (nSPS) is 11.8. The third-order valence-electron chi connectivity index (χ3n) is 3.56. The van der Waals surface area contributed by atoms with E-state index in [2.05, 4.69) is 5.32 Å². The second-order valence-electron chi connectivity index (χ2n) is 6.04. The summed E-state index contributed by atoms with van der Waals surface area (Å²) in [5.74, 6) is -0.149. The molecule has 7 heteroatoms. The van der Waals surface area contributed by atoms with E-state index in [-0.39, 0.29) is 23.4 Å². The van der Waals surface area contributed by atoms with Crippen LogP contribution >= 0.6 is 11.6 Å². The van der Waals surface area contributed by atoms with Crippen LogP contribution in [0.25, 0.3) is 0 Å². The highest BCUT2D eigenvalue weighted by Crippen LogP contribution is 2.19. The van der Waals surface area contributed by atoms with E-state index in [9.17, 15) is 13.2 Å². The van der Waals surface area contributed by atoms with Crippen LogP contribution in [-0.2, 0) is 16.6 Å². The highest BCUT2D eigenvalue weighted by molar-refractivity contribution is 7.89. The minimum atomic E-state index is -3.60. The molecule has 0 aliphatic heterocycles. The van der Waals surface area contributed by atoms with Crippen molar-refractivity contribution in [1.82, 2.24) is 9.62 Å². The fourth-order valence-electron chi connectivity index (χ4n) is 2.24. The van der Waals surface area contributed by atoms with Crippen molar-refractivity contribution in [2.45, 2.75) is 31.3 Å². The predicted octanol–water partition coefficient (Wildman–Crippen LogP) is 3.30. The Bertz CT molecular complexity index is 832. The van der Waals surface area contributed by atoms with Crippen LogP contribution in [0.15, 0.2) is 53.4 Å². The maximum atomic E-state index is 12.6. The van der Waals surface area contributed by atoms with Gasteiger partial charge in [-0.05, 0) is 55.8 Å². The van der Waals surface area contributed by atoms with E-state index >= 15 is 0 Å². The summed E-state index contributed by atoms with van der Waals surface area (Å²) in [6.07, 6.45) is 0. The lowest BCUT2D eigenvalue weighted by Crippen LogP contribution is -2.30. The zero-order valence-electron chi connectivity index (χ0n) is 14.4. The molecule has 0 fully saturated rings. The molecule has 1 N–H and O–H groups in total. The molecule has 0 heterocycles. The van der Waals surface area contributed by atoms with Crippen molar-refractivity contribution >= 4 is 27.5 Å². The summed E-state index contributed by atoms with van der Waals surface area (Å²) in [6, 6.07) is 13.0. The van der Waals surface area contributed by atoms with Crippen molar-refractivity contribution in [1.29, 1.82) is 0 Å². The Labute approximate surface area is 153 Å². The molecule has 0 radical (unpaired) electrons. The second kappa shape index (κ2) is 7.99. The molecule has 0 atom stereocenters. The molecule has 1 amide bonds. The van der Waals surface area contributed by atoms with Crippen molar-refractivity contribution in [2.24, 2.45) is 0 Å². The number of rotatable bonds is 6. The number of sulfonamides is 1. The highest BCUT2D eigenvalue weighted by Gasteiger charge is 2.20. The van der Waals surface area contributed by atoms with Gasteiger partial charge in [-0.25, -0.2) is 8.42 Å². The number of carbonyl (C=O) groups is 1. The molecular formula is C18H21ClN2O3S. The summed E-state index contributed by atoms with van der Waals surface area (Å²) in [7, 11) is -2.08. The van der Waals surface area contributed by atoms with Crippen molar-refractivity contribution in [2.75, 3.05) is 7.05 Å². The molecule has 0 spiro atoms. The van der Waals surface area contributed by atoms with Gasteiger partial charge in [-0.15, -0.1) is 0 Å². The van der Waals surface area contributed by atoms with Gasteiger partial charge in [-0.2, -0.15) is 4.31 Å². The molecule has 0 saturated heterocycles. The summed E-state index contributed by atoms with van der Waals surface area (Å²) in [6.45, 7) is 3.99. The van der Waals surface area contributed by atoms with Gasteiger partial charge in [0.1, 0.15) is 0 Å². The molecule has 134 valence electrons. The van der Waals surface area contributed by atoms with Gasteiger partial charge in [0.05, 0.1) is 4.90 Å². The topological polar surface area (TPSA) is 66.5 Å². The first kappa shape index (κ1) is 19.4. The van der Waals surface area contributed by atoms with Crippen LogP contribution < -0.4 is 5.32 Å². The molecule has 0 unspecified atom stereocenters. The van der Waals surface area contributed by atoms with Gasteiger partial charge in [0, 0.05) is 30.2 Å². The standard InChI is InChI=1S/C18H21ClN2O3S/c1-13(2)20-18(22)15-6-4-14(5-7-15)12-21(3)25(23,24)17-10-8-16(19)9-11-17/h4-11,13H,12H2,1-3H3,(H,20,22). The average Bonchev–Trinajstić information content (AvgIpc) is 2.55. The van der Waals surface area contributed by atoms with Crippen molar-refractivity contribution in [3.05, 3.63) is 64.7 Å². The number of benzene rings is 2. The number of nitrogens with zero attached hydrogens (tertiary/aromatic N) is 1. The summed E-state index contributed by atoms with van der Waals surface area (Å²) in [4.78, 5) is 12.1. The lowest BCUT2D eigenvalue weighted by Gasteiger charge is -2.17. The van der Waals surface area contributed by atoms with E-state index in [1.807, 2.05) is 13.8 Å². The Hall–Kier alpha value is -1.89. The minimum Gasteiger partial charge on any atom is -0.350 e. The molecule has 0 aliphatic carbocycles. The Morgan fingerprint density at radius 3 is 2.16 bits per heavy atom. The lowest BCUT2D eigenvalue weighted by atomic mass is 10.1. The Morgan fingerprint density at radius 1 is 1.08 bits per heavy atom. The molecule has 0 saturated carbocycles. The largest absolute Gasteiger partial charge is 0.350 e. The van der Waals surface area contributed by atoms with Gasteiger partial charge < -0.3 is 5.32 Å². The van der Waals surface area contributed by atoms with Gasteiger partial charge in [0.2, 0.25) is 10.0 Å². The molecule has 2 aromatic carbocycles. The first-order valence-electron chi connectivity index (χ1n) is 7.82. The van der Waals surface area contributed by atoms with Crippen LogP contribution in [0.4, 0.5) is 0 Å². The zero-order valence-corrected chi connectivity index (χ0v) is 15.9. The number of hydrogen-bond acceptors (Lipinski definition) is 3. The minimum absolute atomic E-state index is 0.0582. The molecule has 0 aliphatic rings. The van der Waals surface area contributed by atoms with E-state index in [0.29, 0.717) is 10.6 Å². The lowest BCUT2D eigenvalue weighted by molar-refractivity contribution is 0.0943. The van der Waals surface area contributed by atoms with Gasteiger partial charge >= 0.3 is 0 Å². The molecule has 25 heavy (non-hydrogen) atoms. The summed E-state index contributed by atoms with van der Waals surface area (Å²) >= 11 is 5.80. The monoisotopic (exact) mass is 380 g/mol. The SMILES string of the molecule is CC(C)NC(=O)c1ccc(CN(C)S(=O)(=O)c2ccc(Cl)cc2)cc1. The van der Waals surface area contributed by atoms with Crippen LogP contribution in [0.3, 0.4) is 0 Å². The Kier molecular flexibility index (Phi) is 6.21. The van der Waals surface area contributed by atoms with Gasteiger partial charge in [-0.1, -0.05) is 23.7 Å². The number of halogens is 1. The van der Waals surface area contributed by atoms with E-state index in [1.54, 1.807) is 36.4 Å². The Balaban J connectivity index is 2.11. The molecule has 0 bridgehead atoms. The van der Waals surface area contributed by atoms with E-state index in [4.69, 9.17) is 11.6 Å². The molecule has 2 rings (SSSR count). The van der Waals surface area contributed by atoms with E-state index in [1.165, 1.54) is 23.5 Å². The maximum Gasteiger partial charge on any atom is 0.251 e. The predicted molar refractivity (Wildman–Crippen MR) is 99.1 cm³/mol. The number of amides is 1. The van der Waals surface area contributed by atoms with Crippen LogP contribution in [0, 0.1) is 0 Å². The van der Waals surface area contributed by atoms with Crippen LogP contribution in [0.5, 0.6) is 0 Å². The van der Waals surface area contributed by atoms with Crippen LogP contribution in [0.2, 0.25) is 5.02 Å². The third kappa shape index (κ3) is 5.04. The fraction of sp³-hybridized carbons (Fsp3) is 0.278. The Morgan fingerprint density at radius 2 is 1.64 bits per heavy atom. The van der Waals surface area contributed by atoms with Crippen molar-refractivity contribution in [3.63, 3.8) is 0 Å². The molecule has 0 aromatic heterocycles. The summed E-state index contributed by atoms with van der Waals surface area (Å²) < 4.78 is 26.4. The number of hydrogen-bond donors (Lipinski definition) is 1. The first-order valence-corrected chi connectivity index (χ1v) is 9.63. The smallest absolute Gasteiger partial charge is 0.251 e. The average molecular weight is 381 g/mol. The second-order valence-corrected chi connectivity index (χ2v) is 8.52. The highest BCUT2D eigenvalue weighted by atomic mass is 35.5. The number of carbonyl (C=O) groups excluding carboxylic acids is 1. The molecule has 5 nitrogen and oxygen atoms in total.